The van der Waals surface area contributed by atoms with E-state index < -0.39 is 22.2 Å². The SMILES string of the molecule is CC(C)C1=C[C@H]2C[C@]3(C=O)[C@@H]4CC[C@@H](C)[C@H]4C[C@@]2(COC[C@@H](C)N)[C@]13C(=O)O. The summed E-state index contributed by atoms with van der Waals surface area (Å²) in [5.41, 5.74) is 4.40. The van der Waals surface area contributed by atoms with E-state index in [1.165, 1.54) is 0 Å². The highest BCUT2D eigenvalue weighted by Gasteiger charge is 2.84. The summed E-state index contributed by atoms with van der Waals surface area (Å²) in [7, 11) is 0. The van der Waals surface area contributed by atoms with Crippen molar-refractivity contribution >= 4 is 12.3 Å². The van der Waals surface area contributed by atoms with Gasteiger partial charge in [0, 0.05) is 11.5 Å². The molecule has 0 heterocycles. The second kappa shape index (κ2) is 6.40. The van der Waals surface area contributed by atoms with Crippen LogP contribution in [0.5, 0.6) is 0 Å². The van der Waals surface area contributed by atoms with Crippen molar-refractivity contribution in [1.82, 2.24) is 0 Å². The molecule has 156 valence electrons. The monoisotopic (exact) mass is 389 g/mol. The van der Waals surface area contributed by atoms with Crippen molar-refractivity contribution in [3.05, 3.63) is 11.6 Å². The summed E-state index contributed by atoms with van der Waals surface area (Å²) in [6.07, 6.45) is 6.83. The first-order chi connectivity index (χ1) is 13.2. The molecule has 3 N–H and O–H groups in total. The van der Waals surface area contributed by atoms with E-state index in [2.05, 4.69) is 26.8 Å². The summed E-state index contributed by atoms with van der Waals surface area (Å²) in [4.78, 5) is 26.0. The molecule has 0 aromatic carbocycles. The summed E-state index contributed by atoms with van der Waals surface area (Å²) in [5, 5.41) is 10.8. The molecule has 0 saturated heterocycles. The molecule has 0 unspecified atom stereocenters. The van der Waals surface area contributed by atoms with E-state index in [9.17, 15) is 14.7 Å². The number of fused-ring (bicyclic) bond motifs is 2. The van der Waals surface area contributed by atoms with Gasteiger partial charge in [0.2, 0.25) is 0 Å². The fourth-order valence-corrected chi connectivity index (χ4v) is 8.06. The third-order valence-electron chi connectivity index (χ3n) is 8.86. The fourth-order valence-electron chi connectivity index (χ4n) is 8.06. The van der Waals surface area contributed by atoms with E-state index >= 15 is 0 Å². The molecular formula is C23H35NO4. The van der Waals surface area contributed by atoms with E-state index in [1.54, 1.807) is 0 Å². The molecule has 4 bridgehead atoms. The smallest absolute Gasteiger partial charge is 0.315 e. The number of hydrogen-bond donors (Lipinski definition) is 2. The minimum absolute atomic E-state index is 0.0914. The van der Waals surface area contributed by atoms with Crippen molar-refractivity contribution in [3.63, 3.8) is 0 Å². The first-order valence-electron chi connectivity index (χ1n) is 10.9. The van der Waals surface area contributed by atoms with Crippen LogP contribution >= 0.6 is 0 Å². The number of rotatable bonds is 7. The number of allylic oxidation sites excluding steroid dienone is 1. The molecule has 0 spiro atoms. The van der Waals surface area contributed by atoms with Gasteiger partial charge in [0.15, 0.2) is 0 Å². The van der Waals surface area contributed by atoms with Gasteiger partial charge in [-0.1, -0.05) is 38.8 Å². The number of aliphatic carboxylic acids is 1. The van der Waals surface area contributed by atoms with Crippen LogP contribution in [0.3, 0.4) is 0 Å². The minimum atomic E-state index is -1.14. The topological polar surface area (TPSA) is 89.6 Å². The molecule has 5 nitrogen and oxygen atoms in total. The van der Waals surface area contributed by atoms with Gasteiger partial charge in [-0.2, -0.15) is 0 Å². The largest absolute Gasteiger partial charge is 0.481 e. The number of ether oxygens (including phenoxy) is 1. The minimum Gasteiger partial charge on any atom is -0.481 e. The summed E-state index contributed by atoms with van der Waals surface area (Å²) >= 11 is 0. The highest BCUT2D eigenvalue weighted by atomic mass is 16.5. The number of carboxylic acids is 1. The van der Waals surface area contributed by atoms with Crippen molar-refractivity contribution in [3.8, 4) is 0 Å². The normalized spacial score (nSPS) is 47.1. The van der Waals surface area contributed by atoms with Gasteiger partial charge in [0.25, 0.3) is 0 Å². The molecule has 5 heteroatoms. The predicted octanol–water partition coefficient (Wildman–Crippen LogP) is 3.27. The Labute approximate surface area is 168 Å². The van der Waals surface area contributed by atoms with Crippen molar-refractivity contribution < 1.29 is 19.4 Å². The number of carboxylic acid groups (broad SMARTS) is 1. The summed E-state index contributed by atoms with van der Waals surface area (Å²) in [6, 6.07) is -0.0914. The van der Waals surface area contributed by atoms with Crippen LogP contribution in [0, 0.1) is 45.8 Å². The van der Waals surface area contributed by atoms with Crippen LogP contribution in [0.25, 0.3) is 0 Å². The number of carbonyl (C=O) groups is 2. The van der Waals surface area contributed by atoms with E-state index in [0.29, 0.717) is 31.5 Å². The van der Waals surface area contributed by atoms with E-state index in [1.807, 2.05) is 6.92 Å². The molecule has 0 aromatic rings. The Morgan fingerprint density at radius 1 is 1.36 bits per heavy atom. The zero-order chi connectivity index (χ0) is 20.5. The van der Waals surface area contributed by atoms with E-state index in [0.717, 1.165) is 31.1 Å². The standard InChI is InChI=1S/C23H35NO4/c1-13(2)19-7-16-8-21(11-25)18-6-5-14(3)17(18)9-22(16,12-28-10-15(4)24)23(19,21)20(26)27/h7,11,13-18H,5-6,8-10,12,24H2,1-4H3,(H,26,27)/t14-,15-,16+,17-,18-,21+,22+,23+/m1/s1. The third kappa shape index (κ3) is 2.10. The van der Waals surface area contributed by atoms with Crippen LogP contribution in [0.1, 0.15) is 53.4 Å². The zero-order valence-corrected chi connectivity index (χ0v) is 17.6. The fraction of sp³-hybridized carbons (Fsp3) is 0.826. The molecule has 4 aliphatic carbocycles. The average Bonchev–Trinajstić information content (AvgIpc) is 3.18. The molecular weight excluding hydrogens is 354 g/mol. The molecule has 0 radical (unpaired) electrons. The van der Waals surface area contributed by atoms with Crippen molar-refractivity contribution in [2.45, 2.75) is 59.4 Å². The number of hydrogen-bond acceptors (Lipinski definition) is 4. The maximum atomic E-state index is 13.2. The van der Waals surface area contributed by atoms with Crippen LogP contribution in [0.2, 0.25) is 0 Å². The van der Waals surface area contributed by atoms with Crippen molar-refractivity contribution in [1.29, 1.82) is 0 Å². The van der Waals surface area contributed by atoms with Crippen LogP contribution < -0.4 is 5.73 Å². The highest BCUT2D eigenvalue weighted by Crippen LogP contribution is 2.82. The van der Waals surface area contributed by atoms with Crippen molar-refractivity contribution in [2.75, 3.05) is 13.2 Å². The van der Waals surface area contributed by atoms with Crippen molar-refractivity contribution in [2.24, 2.45) is 51.6 Å². The van der Waals surface area contributed by atoms with Gasteiger partial charge in [-0.15, -0.1) is 0 Å². The number of nitrogens with two attached hydrogens (primary N) is 1. The molecule has 0 aliphatic heterocycles. The van der Waals surface area contributed by atoms with E-state index in [-0.39, 0.29) is 23.8 Å². The van der Waals surface area contributed by atoms with Gasteiger partial charge in [-0.25, -0.2) is 0 Å². The Bertz CT molecular complexity index is 715. The Kier molecular flexibility index (Phi) is 4.59. The van der Waals surface area contributed by atoms with Gasteiger partial charge in [0.1, 0.15) is 11.7 Å². The first-order valence-corrected chi connectivity index (χ1v) is 10.9. The van der Waals surface area contributed by atoms with E-state index in [4.69, 9.17) is 10.5 Å². The van der Waals surface area contributed by atoms with Gasteiger partial charge >= 0.3 is 5.97 Å². The van der Waals surface area contributed by atoms with Crippen LogP contribution in [-0.2, 0) is 14.3 Å². The Morgan fingerprint density at radius 2 is 2.07 bits per heavy atom. The first kappa shape index (κ1) is 20.1. The molecule has 4 aliphatic rings. The quantitative estimate of drug-likeness (QED) is 0.515. The third-order valence-corrected chi connectivity index (χ3v) is 8.86. The maximum absolute atomic E-state index is 13.2. The molecule has 28 heavy (non-hydrogen) atoms. The number of carbonyl (C=O) groups excluding carboxylic acids is 1. The number of aldehydes is 1. The predicted molar refractivity (Wildman–Crippen MR) is 106 cm³/mol. The van der Waals surface area contributed by atoms with Gasteiger partial charge in [-0.3, -0.25) is 4.79 Å². The lowest BCUT2D eigenvalue weighted by atomic mass is 9.43. The lowest BCUT2D eigenvalue weighted by Gasteiger charge is -2.58. The Balaban J connectivity index is 1.90. The van der Waals surface area contributed by atoms with Gasteiger partial charge in [0.05, 0.1) is 18.6 Å². The molecule has 3 fully saturated rings. The van der Waals surface area contributed by atoms with Crippen LogP contribution in [0.4, 0.5) is 0 Å². The molecule has 0 aromatic heterocycles. The molecule has 8 atom stereocenters. The van der Waals surface area contributed by atoms with Gasteiger partial charge in [-0.05, 0) is 55.8 Å². The Morgan fingerprint density at radius 3 is 2.64 bits per heavy atom. The Hall–Kier alpha value is -1.20. The maximum Gasteiger partial charge on any atom is 0.315 e. The lowest BCUT2D eigenvalue weighted by Crippen LogP contribution is -2.63. The second-order valence-electron chi connectivity index (χ2n) is 10.5. The zero-order valence-electron chi connectivity index (χ0n) is 17.6. The molecule has 0 amide bonds. The molecule has 4 rings (SSSR count). The average molecular weight is 390 g/mol. The van der Waals surface area contributed by atoms with Gasteiger partial charge < -0.3 is 20.4 Å². The van der Waals surface area contributed by atoms with Crippen LogP contribution in [-0.4, -0.2) is 36.6 Å². The summed E-state index contributed by atoms with van der Waals surface area (Å²) < 4.78 is 6.08. The molecule has 3 saturated carbocycles. The highest BCUT2D eigenvalue weighted by molar-refractivity contribution is 5.90. The summed E-state index contributed by atoms with van der Waals surface area (Å²) in [6.45, 7) is 9.10. The second-order valence-corrected chi connectivity index (χ2v) is 10.5. The lowest BCUT2D eigenvalue weighted by molar-refractivity contribution is -0.186. The van der Waals surface area contributed by atoms with Crippen LogP contribution in [0.15, 0.2) is 11.6 Å². The summed E-state index contributed by atoms with van der Waals surface area (Å²) in [5.74, 6) is 0.484.